The van der Waals surface area contributed by atoms with Gasteiger partial charge in [0, 0.05) is 0 Å². The quantitative estimate of drug-likeness (QED) is 0.713. The highest BCUT2D eigenvalue weighted by Crippen LogP contribution is 2.23. The number of rotatable bonds is 4. The number of sulfone groups is 1. The minimum atomic E-state index is -3.95. The van der Waals surface area contributed by atoms with Crippen LogP contribution >= 0.6 is 0 Å². The first kappa shape index (κ1) is 11.9. The van der Waals surface area contributed by atoms with Crippen LogP contribution in [0.1, 0.15) is 25.7 Å². The van der Waals surface area contributed by atoms with Gasteiger partial charge in [0.05, 0.1) is 16.8 Å². The molecule has 1 fully saturated rings. The van der Waals surface area contributed by atoms with E-state index >= 15 is 0 Å². The summed E-state index contributed by atoms with van der Waals surface area (Å²) in [6, 6.07) is 0. The van der Waals surface area contributed by atoms with Gasteiger partial charge in [0.1, 0.15) is 0 Å². The first-order chi connectivity index (χ1) is 6.31. The summed E-state index contributed by atoms with van der Waals surface area (Å²) in [4.78, 5) is 0. The third-order valence-electron chi connectivity index (χ3n) is 2.39. The minimum Gasteiger partial charge on any atom is -0.286 e. The second-order valence-corrected chi connectivity index (χ2v) is 7.53. The zero-order valence-electron chi connectivity index (χ0n) is 7.72. The lowest BCUT2D eigenvalue weighted by Crippen LogP contribution is -2.17. The molecule has 14 heavy (non-hydrogen) atoms. The Balaban J connectivity index is 2.40. The summed E-state index contributed by atoms with van der Waals surface area (Å²) < 4.78 is 51.8. The van der Waals surface area contributed by atoms with E-state index in [4.69, 9.17) is 4.55 Å². The SMILES string of the molecule is O=S(=O)(O)CCCC1CCCS1(=O)=O. The van der Waals surface area contributed by atoms with E-state index in [1.165, 1.54) is 0 Å². The highest BCUT2D eigenvalue weighted by Gasteiger charge is 2.30. The summed E-state index contributed by atoms with van der Waals surface area (Å²) in [6.07, 6.45) is 1.83. The molecule has 1 heterocycles. The van der Waals surface area contributed by atoms with Gasteiger partial charge in [0.2, 0.25) is 0 Å². The Kier molecular flexibility index (Phi) is 3.54. The van der Waals surface area contributed by atoms with E-state index in [2.05, 4.69) is 0 Å². The van der Waals surface area contributed by atoms with Crippen molar-refractivity contribution in [1.82, 2.24) is 0 Å². The average Bonchev–Trinajstić information content (AvgIpc) is 2.28. The zero-order chi connectivity index (χ0) is 10.8. The molecule has 5 nitrogen and oxygen atoms in total. The maximum absolute atomic E-state index is 11.3. The molecule has 1 aliphatic heterocycles. The molecule has 0 aromatic heterocycles. The van der Waals surface area contributed by atoms with Crippen molar-refractivity contribution in [2.45, 2.75) is 30.9 Å². The molecule has 84 valence electrons. The van der Waals surface area contributed by atoms with Gasteiger partial charge in [-0.1, -0.05) is 0 Å². The monoisotopic (exact) mass is 242 g/mol. The first-order valence-electron chi connectivity index (χ1n) is 4.48. The Labute approximate surface area is 84.2 Å². The molecule has 1 rings (SSSR count). The molecular formula is C7H14O5S2. The van der Waals surface area contributed by atoms with Crippen LogP contribution in [0.2, 0.25) is 0 Å². The normalized spacial score (nSPS) is 26.5. The summed E-state index contributed by atoms with van der Waals surface area (Å²) in [7, 11) is -6.93. The van der Waals surface area contributed by atoms with E-state index in [0.29, 0.717) is 19.3 Å². The third kappa shape index (κ3) is 3.55. The fourth-order valence-electron chi connectivity index (χ4n) is 1.68. The molecule has 0 saturated carbocycles. The van der Waals surface area contributed by atoms with Crippen LogP contribution in [0.5, 0.6) is 0 Å². The van der Waals surface area contributed by atoms with Crippen LogP contribution in [-0.4, -0.2) is 38.1 Å². The number of hydrogen-bond acceptors (Lipinski definition) is 4. The Bertz CT molecular complexity index is 380. The zero-order valence-corrected chi connectivity index (χ0v) is 9.35. The number of hydrogen-bond donors (Lipinski definition) is 1. The van der Waals surface area contributed by atoms with Crippen molar-refractivity contribution >= 4 is 20.0 Å². The summed E-state index contributed by atoms with van der Waals surface area (Å²) in [5, 5.41) is -0.399. The maximum atomic E-state index is 11.3. The highest BCUT2D eigenvalue weighted by molar-refractivity contribution is 7.92. The third-order valence-corrected chi connectivity index (χ3v) is 5.54. The van der Waals surface area contributed by atoms with Gasteiger partial charge in [-0.2, -0.15) is 8.42 Å². The van der Waals surface area contributed by atoms with Gasteiger partial charge in [-0.25, -0.2) is 8.42 Å². The fraction of sp³-hybridized carbons (Fsp3) is 1.00. The second-order valence-electron chi connectivity index (χ2n) is 3.56. The van der Waals surface area contributed by atoms with Crippen molar-refractivity contribution in [3.63, 3.8) is 0 Å². The standard InChI is InChI=1S/C7H14O5S2/c8-13(9)5-1-3-7(13)4-2-6-14(10,11)12/h7H,1-6H2,(H,10,11,12). The summed E-state index contributed by atoms with van der Waals surface area (Å²) in [5.74, 6) is -0.136. The van der Waals surface area contributed by atoms with E-state index < -0.39 is 25.2 Å². The molecule has 1 saturated heterocycles. The van der Waals surface area contributed by atoms with Gasteiger partial charge in [-0.05, 0) is 25.7 Å². The van der Waals surface area contributed by atoms with E-state index in [0.717, 1.165) is 0 Å². The summed E-state index contributed by atoms with van der Waals surface area (Å²) >= 11 is 0. The van der Waals surface area contributed by atoms with Crippen LogP contribution in [0.4, 0.5) is 0 Å². The molecule has 0 aliphatic carbocycles. The lowest BCUT2D eigenvalue weighted by atomic mass is 10.2. The molecule has 0 amide bonds. The van der Waals surface area contributed by atoms with Crippen LogP contribution in [0.3, 0.4) is 0 Å². The molecule has 0 radical (unpaired) electrons. The fourth-order valence-corrected chi connectivity index (χ4v) is 4.16. The van der Waals surface area contributed by atoms with Crippen LogP contribution < -0.4 is 0 Å². The van der Waals surface area contributed by atoms with Crippen LogP contribution in [0.15, 0.2) is 0 Å². The Morgan fingerprint density at radius 1 is 1.36 bits per heavy atom. The van der Waals surface area contributed by atoms with E-state index in [-0.39, 0.29) is 17.9 Å². The Morgan fingerprint density at radius 3 is 2.43 bits per heavy atom. The molecule has 1 aliphatic rings. The average molecular weight is 242 g/mol. The van der Waals surface area contributed by atoms with Crippen LogP contribution in [0.25, 0.3) is 0 Å². The topological polar surface area (TPSA) is 88.5 Å². The molecule has 7 heteroatoms. The molecule has 0 aromatic rings. The van der Waals surface area contributed by atoms with Gasteiger partial charge in [-0.15, -0.1) is 0 Å². The summed E-state index contributed by atoms with van der Waals surface area (Å²) in [6.45, 7) is 0. The van der Waals surface area contributed by atoms with E-state index in [1.807, 2.05) is 0 Å². The van der Waals surface area contributed by atoms with E-state index in [1.54, 1.807) is 0 Å². The van der Waals surface area contributed by atoms with Crippen molar-refractivity contribution in [1.29, 1.82) is 0 Å². The lowest BCUT2D eigenvalue weighted by Gasteiger charge is -2.07. The molecule has 0 bridgehead atoms. The highest BCUT2D eigenvalue weighted by atomic mass is 32.2. The van der Waals surface area contributed by atoms with Gasteiger partial charge >= 0.3 is 0 Å². The van der Waals surface area contributed by atoms with Crippen molar-refractivity contribution < 1.29 is 21.4 Å². The summed E-state index contributed by atoms with van der Waals surface area (Å²) in [5.41, 5.74) is 0. The molecule has 1 N–H and O–H groups in total. The van der Waals surface area contributed by atoms with E-state index in [9.17, 15) is 16.8 Å². The molecule has 1 unspecified atom stereocenters. The van der Waals surface area contributed by atoms with Gasteiger partial charge in [0.25, 0.3) is 10.1 Å². The largest absolute Gasteiger partial charge is 0.286 e. The predicted molar refractivity (Wildman–Crippen MR) is 52.5 cm³/mol. The Morgan fingerprint density at radius 2 is 2.00 bits per heavy atom. The van der Waals surface area contributed by atoms with Crippen molar-refractivity contribution in [2.24, 2.45) is 0 Å². The first-order valence-corrected chi connectivity index (χ1v) is 7.80. The van der Waals surface area contributed by atoms with Crippen molar-refractivity contribution in [2.75, 3.05) is 11.5 Å². The molecule has 1 atom stereocenters. The van der Waals surface area contributed by atoms with Gasteiger partial charge < -0.3 is 0 Å². The van der Waals surface area contributed by atoms with Gasteiger partial charge in [-0.3, -0.25) is 4.55 Å². The maximum Gasteiger partial charge on any atom is 0.264 e. The van der Waals surface area contributed by atoms with Crippen LogP contribution in [-0.2, 0) is 20.0 Å². The second kappa shape index (κ2) is 4.16. The lowest BCUT2D eigenvalue weighted by molar-refractivity contribution is 0.479. The predicted octanol–water partition coefficient (Wildman–Crippen LogP) is 0.232. The smallest absolute Gasteiger partial charge is 0.264 e. The molecular weight excluding hydrogens is 228 g/mol. The molecule has 0 aromatic carbocycles. The van der Waals surface area contributed by atoms with Crippen LogP contribution in [0, 0.1) is 0 Å². The molecule has 0 spiro atoms. The Hall–Kier alpha value is -0.140. The van der Waals surface area contributed by atoms with Gasteiger partial charge in [0.15, 0.2) is 9.84 Å². The minimum absolute atomic E-state index is 0.211. The van der Waals surface area contributed by atoms with Crippen molar-refractivity contribution in [3.8, 4) is 0 Å². The van der Waals surface area contributed by atoms with Crippen molar-refractivity contribution in [3.05, 3.63) is 0 Å².